The van der Waals surface area contributed by atoms with Crippen LogP contribution in [0.1, 0.15) is 19.8 Å². The van der Waals surface area contributed by atoms with E-state index in [0.717, 1.165) is 12.8 Å². The zero-order valence-corrected chi connectivity index (χ0v) is 11.1. The summed E-state index contributed by atoms with van der Waals surface area (Å²) in [5.41, 5.74) is 6.02. The Balaban J connectivity index is 2.48. The van der Waals surface area contributed by atoms with E-state index in [2.05, 4.69) is 0 Å². The van der Waals surface area contributed by atoms with Crippen LogP contribution in [-0.2, 0) is 10.0 Å². The lowest BCUT2D eigenvalue weighted by Crippen LogP contribution is -2.33. The van der Waals surface area contributed by atoms with Gasteiger partial charge in [-0.25, -0.2) is 8.42 Å². The van der Waals surface area contributed by atoms with Crippen molar-refractivity contribution in [1.82, 2.24) is 4.31 Å². The number of nitrogen functional groups attached to an aromatic ring is 1. The summed E-state index contributed by atoms with van der Waals surface area (Å²) in [6, 6.07) is 4.56. The molecule has 6 heteroatoms. The Morgan fingerprint density at radius 2 is 2.18 bits per heavy atom. The quantitative estimate of drug-likeness (QED) is 0.840. The average Bonchev–Trinajstić information content (AvgIpc) is 2.68. The Bertz CT molecular complexity index is 530. The summed E-state index contributed by atoms with van der Waals surface area (Å²) in [7, 11) is -3.52. The van der Waals surface area contributed by atoms with Crippen molar-refractivity contribution in [2.75, 3.05) is 12.3 Å². The molecular weight excluding hydrogens is 260 g/mol. The van der Waals surface area contributed by atoms with Crippen molar-refractivity contribution in [2.45, 2.75) is 30.7 Å². The molecule has 0 aromatic heterocycles. The summed E-state index contributed by atoms with van der Waals surface area (Å²) in [4.78, 5) is 0.105. The topological polar surface area (TPSA) is 63.4 Å². The highest BCUT2D eigenvalue weighted by molar-refractivity contribution is 7.89. The predicted molar refractivity (Wildman–Crippen MR) is 68.5 cm³/mol. The van der Waals surface area contributed by atoms with E-state index in [1.165, 1.54) is 16.4 Å². The third-order valence-electron chi connectivity index (χ3n) is 3.03. The van der Waals surface area contributed by atoms with E-state index in [4.69, 9.17) is 17.3 Å². The molecule has 1 atom stereocenters. The number of sulfonamides is 1. The van der Waals surface area contributed by atoms with E-state index in [1.807, 2.05) is 6.92 Å². The van der Waals surface area contributed by atoms with Gasteiger partial charge in [0.25, 0.3) is 0 Å². The van der Waals surface area contributed by atoms with Crippen molar-refractivity contribution in [2.24, 2.45) is 0 Å². The molecule has 0 spiro atoms. The summed E-state index contributed by atoms with van der Waals surface area (Å²) in [5, 5.41) is 0.221. The lowest BCUT2D eigenvalue weighted by molar-refractivity contribution is 0.408. The van der Waals surface area contributed by atoms with Crippen molar-refractivity contribution >= 4 is 27.3 Å². The number of nitrogens with zero attached hydrogens (tertiary/aromatic N) is 1. The van der Waals surface area contributed by atoms with Crippen LogP contribution in [0.3, 0.4) is 0 Å². The van der Waals surface area contributed by atoms with Gasteiger partial charge in [0.05, 0.1) is 5.02 Å². The number of hydrogen-bond acceptors (Lipinski definition) is 3. The average molecular weight is 275 g/mol. The van der Waals surface area contributed by atoms with Gasteiger partial charge in [-0.05, 0) is 38.0 Å². The second-order valence-corrected chi connectivity index (χ2v) is 6.56. The van der Waals surface area contributed by atoms with Crippen molar-refractivity contribution in [3.05, 3.63) is 23.2 Å². The molecule has 1 fully saturated rings. The fourth-order valence-corrected chi connectivity index (χ4v) is 4.32. The molecule has 94 valence electrons. The first kappa shape index (κ1) is 12.7. The first-order valence-corrected chi connectivity index (χ1v) is 7.31. The van der Waals surface area contributed by atoms with Gasteiger partial charge in [0.2, 0.25) is 10.0 Å². The van der Waals surface area contributed by atoms with Gasteiger partial charge in [-0.2, -0.15) is 4.31 Å². The van der Waals surface area contributed by atoms with E-state index < -0.39 is 10.0 Å². The van der Waals surface area contributed by atoms with Crippen molar-refractivity contribution in [1.29, 1.82) is 0 Å². The van der Waals surface area contributed by atoms with Gasteiger partial charge >= 0.3 is 0 Å². The van der Waals surface area contributed by atoms with Crippen LogP contribution in [-0.4, -0.2) is 25.3 Å². The highest BCUT2D eigenvalue weighted by Crippen LogP contribution is 2.31. The minimum Gasteiger partial charge on any atom is -0.399 e. The van der Waals surface area contributed by atoms with Crippen LogP contribution in [0.5, 0.6) is 0 Å². The number of anilines is 1. The van der Waals surface area contributed by atoms with E-state index >= 15 is 0 Å². The fourth-order valence-electron chi connectivity index (χ4n) is 2.11. The Hall–Kier alpha value is -0.780. The number of rotatable bonds is 2. The first-order chi connectivity index (χ1) is 7.93. The predicted octanol–water partition coefficient (Wildman–Crippen LogP) is 2.10. The monoisotopic (exact) mass is 274 g/mol. The smallest absolute Gasteiger partial charge is 0.244 e. The molecule has 1 aromatic carbocycles. The molecule has 0 radical (unpaired) electrons. The highest BCUT2D eigenvalue weighted by Gasteiger charge is 2.33. The largest absolute Gasteiger partial charge is 0.399 e. The van der Waals surface area contributed by atoms with Gasteiger partial charge in [-0.15, -0.1) is 0 Å². The minimum atomic E-state index is -3.52. The molecule has 1 aliphatic rings. The molecular formula is C11H15ClN2O2S. The number of halogens is 1. The van der Waals surface area contributed by atoms with Crippen LogP contribution in [0, 0.1) is 0 Å². The number of nitrogens with two attached hydrogens (primary N) is 1. The van der Waals surface area contributed by atoms with Gasteiger partial charge in [0.1, 0.15) is 4.90 Å². The van der Waals surface area contributed by atoms with E-state index in [0.29, 0.717) is 12.2 Å². The summed E-state index contributed by atoms with van der Waals surface area (Å²) in [6.45, 7) is 2.46. The van der Waals surface area contributed by atoms with Crippen LogP contribution in [0.15, 0.2) is 23.1 Å². The summed E-state index contributed by atoms with van der Waals surface area (Å²) in [6.07, 6.45) is 1.78. The van der Waals surface area contributed by atoms with Crippen molar-refractivity contribution < 1.29 is 8.42 Å². The molecule has 0 bridgehead atoms. The van der Waals surface area contributed by atoms with Gasteiger partial charge in [0.15, 0.2) is 0 Å². The van der Waals surface area contributed by atoms with Crippen LogP contribution in [0.25, 0.3) is 0 Å². The maximum Gasteiger partial charge on any atom is 0.244 e. The molecule has 17 heavy (non-hydrogen) atoms. The van der Waals surface area contributed by atoms with Gasteiger partial charge in [-0.3, -0.25) is 0 Å². The Morgan fingerprint density at radius 3 is 2.76 bits per heavy atom. The minimum absolute atomic E-state index is 0.0255. The fraction of sp³-hybridized carbons (Fsp3) is 0.455. The summed E-state index contributed by atoms with van der Waals surface area (Å²) in [5.74, 6) is 0. The van der Waals surface area contributed by atoms with E-state index in [-0.39, 0.29) is 16.0 Å². The molecule has 2 rings (SSSR count). The molecule has 2 N–H and O–H groups in total. The lowest BCUT2D eigenvalue weighted by atomic mass is 10.3. The van der Waals surface area contributed by atoms with Crippen molar-refractivity contribution in [3.8, 4) is 0 Å². The van der Waals surface area contributed by atoms with Gasteiger partial charge in [0, 0.05) is 18.3 Å². The van der Waals surface area contributed by atoms with Crippen LogP contribution >= 0.6 is 11.6 Å². The van der Waals surface area contributed by atoms with Crippen LogP contribution in [0.2, 0.25) is 5.02 Å². The molecule has 1 heterocycles. The molecule has 0 saturated carbocycles. The molecule has 1 aromatic rings. The lowest BCUT2D eigenvalue weighted by Gasteiger charge is -2.21. The highest BCUT2D eigenvalue weighted by atomic mass is 35.5. The Labute approximate surface area is 106 Å². The van der Waals surface area contributed by atoms with Gasteiger partial charge < -0.3 is 5.73 Å². The standard InChI is InChI=1S/C11H15ClN2O2S/c1-8-3-2-6-14(8)17(15,16)11-7-9(13)4-5-10(11)12/h4-5,7-8H,2-3,6,13H2,1H3. The maximum absolute atomic E-state index is 12.4. The number of benzene rings is 1. The first-order valence-electron chi connectivity index (χ1n) is 5.50. The van der Waals surface area contributed by atoms with Crippen molar-refractivity contribution in [3.63, 3.8) is 0 Å². The molecule has 1 saturated heterocycles. The molecule has 1 unspecified atom stereocenters. The maximum atomic E-state index is 12.4. The third-order valence-corrected chi connectivity index (χ3v) is 5.53. The van der Waals surface area contributed by atoms with Gasteiger partial charge in [-0.1, -0.05) is 11.6 Å². The van der Waals surface area contributed by atoms with E-state index in [9.17, 15) is 8.42 Å². The Morgan fingerprint density at radius 1 is 1.47 bits per heavy atom. The second kappa shape index (κ2) is 4.48. The third kappa shape index (κ3) is 2.27. The molecule has 1 aliphatic heterocycles. The zero-order valence-electron chi connectivity index (χ0n) is 9.56. The molecule has 0 amide bonds. The Kier molecular flexibility index (Phi) is 3.34. The zero-order chi connectivity index (χ0) is 12.6. The molecule has 0 aliphatic carbocycles. The molecule has 4 nitrogen and oxygen atoms in total. The SMILES string of the molecule is CC1CCCN1S(=O)(=O)c1cc(N)ccc1Cl. The summed E-state index contributed by atoms with van der Waals surface area (Å²) >= 11 is 5.95. The van der Waals surface area contributed by atoms with E-state index in [1.54, 1.807) is 6.07 Å². The second-order valence-electron chi connectivity index (χ2n) is 4.30. The summed E-state index contributed by atoms with van der Waals surface area (Å²) < 4.78 is 26.3. The normalized spacial score (nSPS) is 21.9. The number of hydrogen-bond donors (Lipinski definition) is 1. The van der Waals surface area contributed by atoms with Crippen LogP contribution < -0.4 is 5.73 Å². The van der Waals surface area contributed by atoms with Crippen LogP contribution in [0.4, 0.5) is 5.69 Å².